The first-order valence-electron chi connectivity index (χ1n) is 8.26. The molecule has 0 aromatic rings. The molecule has 4 nitrogen and oxygen atoms in total. The zero-order chi connectivity index (χ0) is 14.7. The van der Waals surface area contributed by atoms with Crippen LogP contribution in [0.15, 0.2) is 0 Å². The molecule has 0 unspecified atom stereocenters. The lowest BCUT2D eigenvalue weighted by Gasteiger charge is -2.06. The number of rotatable bonds is 17. The monoisotopic (exact) mass is 292 g/mol. The SMILES string of the molecule is CCCCCCCCCCOCCOCCOCCO.[HH]. The average molecular weight is 292 g/mol. The summed E-state index contributed by atoms with van der Waals surface area (Å²) in [5.74, 6) is 0. The van der Waals surface area contributed by atoms with Crippen molar-refractivity contribution >= 4 is 0 Å². The molecule has 0 aliphatic carbocycles. The lowest BCUT2D eigenvalue weighted by Crippen LogP contribution is -2.11. The van der Waals surface area contributed by atoms with Crippen LogP contribution in [0.2, 0.25) is 0 Å². The Morgan fingerprint density at radius 3 is 1.60 bits per heavy atom. The Morgan fingerprint density at radius 2 is 1.05 bits per heavy atom. The largest absolute Gasteiger partial charge is 0.394 e. The quantitative estimate of drug-likeness (QED) is 0.417. The topological polar surface area (TPSA) is 47.9 Å². The van der Waals surface area contributed by atoms with E-state index in [9.17, 15) is 0 Å². The molecule has 0 saturated heterocycles. The van der Waals surface area contributed by atoms with Gasteiger partial charge in [-0.2, -0.15) is 0 Å². The third-order valence-electron chi connectivity index (χ3n) is 3.12. The fourth-order valence-corrected chi connectivity index (χ4v) is 1.94. The Bertz CT molecular complexity index is 152. The Balaban J connectivity index is 0. The van der Waals surface area contributed by atoms with E-state index >= 15 is 0 Å². The summed E-state index contributed by atoms with van der Waals surface area (Å²) in [5, 5.41) is 8.50. The van der Waals surface area contributed by atoms with Crippen LogP contribution in [0.1, 0.15) is 59.7 Å². The summed E-state index contributed by atoms with van der Waals surface area (Å²) in [5.41, 5.74) is 0. The van der Waals surface area contributed by atoms with Gasteiger partial charge in [-0.3, -0.25) is 0 Å². The lowest BCUT2D eigenvalue weighted by atomic mass is 10.1. The van der Waals surface area contributed by atoms with E-state index in [0.29, 0.717) is 33.0 Å². The van der Waals surface area contributed by atoms with Crippen LogP contribution in [0, 0.1) is 0 Å². The molecule has 0 atom stereocenters. The maximum atomic E-state index is 8.50. The maximum Gasteiger partial charge on any atom is 0.0701 e. The molecule has 0 aliphatic heterocycles. The predicted molar refractivity (Wildman–Crippen MR) is 84.3 cm³/mol. The highest BCUT2D eigenvalue weighted by Gasteiger charge is 1.93. The van der Waals surface area contributed by atoms with Gasteiger partial charge in [0.2, 0.25) is 0 Å². The molecule has 4 heteroatoms. The van der Waals surface area contributed by atoms with E-state index in [-0.39, 0.29) is 8.03 Å². The number of hydrogen-bond donors (Lipinski definition) is 1. The molecule has 0 spiro atoms. The number of unbranched alkanes of at least 4 members (excludes halogenated alkanes) is 7. The van der Waals surface area contributed by atoms with E-state index < -0.39 is 0 Å². The molecular weight excluding hydrogens is 256 g/mol. The van der Waals surface area contributed by atoms with Crippen LogP contribution < -0.4 is 0 Å². The molecule has 0 fully saturated rings. The molecule has 0 saturated carbocycles. The molecule has 0 bridgehead atoms. The van der Waals surface area contributed by atoms with Crippen molar-refractivity contribution < 1.29 is 20.7 Å². The molecule has 0 aliphatic rings. The second kappa shape index (κ2) is 18.8. The summed E-state index contributed by atoms with van der Waals surface area (Å²) >= 11 is 0. The first kappa shape index (κ1) is 19.8. The lowest BCUT2D eigenvalue weighted by molar-refractivity contribution is 0.00719. The van der Waals surface area contributed by atoms with E-state index in [2.05, 4.69) is 6.92 Å². The first-order valence-corrected chi connectivity index (χ1v) is 8.26. The summed E-state index contributed by atoms with van der Waals surface area (Å²) in [4.78, 5) is 0. The van der Waals surface area contributed by atoms with Crippen molar-refractivity contribution in [3.05, 3.63) is 0 Å². The minimum absolute atomic E-state index is 0. The highest BCUT2D eigenvalue weighted by atomic mass is 16.5. The van der Waals surface area contributed by atoms with Crippen LogP contribution in [0.5, 0.6) is 0 Å². The van der Waals surface area contributed by atoms with E-state index in [4.69, 9.17) is 19.3 Å². The van der Waals surface area contributed by atoms with Crippen LogP contribution in [-0.2, 0) is 14.2 Å². The van der Waals surface area contributed by atoms with Crippen LogP contribution in [0.3, 0.4) is 0 Å². The van der Waals surface area contributed by atoms with Gasteiger partial charge in [-0.25, -0.2) is 0 Å². The molecule has 20 heavy (non-hydrogen) atoms. The van der Waals surface area contributed by atoms with Crippen molar-refractivity contribution in [2.24, 2.45) is 0 Å². The number of ether oxygens (including phenoxy) is 3. The van der Waals surface area contributed by atoms with Crippen molar-refractivity contribution in [2.75, 3.05) is 46.2 Å². The van der Waals surface area contributed by atoms with Gasteiger partial charge in [-0.15, -0.1) is 0 Å². The van der Waals surface area contributed by atoms with Crippen LogP contribution in [-0.4, -0.2) is 51.4 Å². The molecule has 0 heterocycles. The predicted octanol–water partition coefficient (Wildman–Crippen LogP) is 3.42. The molecule has 0 aromatic heterocycles. The molecule has 0 aromatic carbocycles. The van der Waals surface area contributed by atoms with E-state index in [0.717, 1.165) is 13.0 Å². The van der Waals surface area contributed by atoms with E-state index in [1.807, 2.05) is 0 Å². The smallest absolute Gasteiger partial charge is 0.0701 e. The number of hydrogen-bond acceptors (Lipinski definition) is 4. The van der Waals surface area contributed by atoms with Crippen molar-refractivity contribution in [3.8, 4) is 0 Å². The molecule has 0 amide bonds. The van der Waals surface area contributed by atoms with Gasteiger partial charge in [-0.05, 0) is 6.42 Å². The second-order valence-electron chi connectivity index (χ2n) is 5.04. The van der Waals surface area contributed by atoms with Gasteiger partial charge >= 0.3 is 0 Å². The second-order valence-corrected chi connectivity index (χ2v) is 5.04. The minimum Gasteiger partial charge on any atom is -0.394 e. The Hall–Kier alpha value is -0.160. The van der Waals surface area contributed by atoms with Gasteiger partial charge in [0.25, 0.3) is 0 Å². The zero-order valence-corrected chi connectivity index (χ0v) is 13.3. The van der Waals surface area contributed by atoms with Gasteiger partial charge in [0.15, 0.2) is 0 Å². The van der Waals surface area contributed by atoms with Crippen LogP contribution in [0.25, 0.3) is 0 Å². The minimum atomic E-state index is 0. The van der Waals surface area contributed by atoms with Crippen molar-refractivity contribution in [3.63, 3.8) is 0 Å². The molecule has 0 radical (unpaired) electrons. The fraction of sp³-hybridized carbons (Fsp3) is 1.00. The molecule has 1 N–H and O–H groups in total. The van der Waals surface area contributed by atoms with Gasteiger partial charge < -0.3 is 19.3 Å². The molecule has 0 rings (SSSR count). The first-order chi connectivity index (χ1) is 9.91. The average Bonchev–Trinajstić information content (AvgIpc) is 2.47. The zero-order valence-electron chi connectivity index (χ0n) is 13.3. The third-order valence-corrected chi connectivity index (χ3v) is 3.12. The normalized spacial score (nSPS) is 11.1. The Morgan fingerprint density at radius 1 is 0.600 bits per heavy atom. The summed E-state index contributed by atoms with van der Waals surface area (Å²) in [6.07, 6.45) is 10.6. The summed E-state index contributed by atoms with van der Waals surface area (Å²) in [6.45, 7) is 5.96. The van der Waals surface area contributed by atoms with Gasteiger partial charge in [0, 0.05) is 8.03 Å². The number of aliphatic hydroxyl groups is 1. The maximum absolute atomic E-state index is 8.50. The van der Waals surface area contributed by atoms with Gasteiger partial charge in [-0.1, -0.05) is 51.9 Å². The van der Waals surface area contributed by atoms with E-state index in [1.54, 1.807) is 0 Å². The van der Waals surface area contributed by atoms with Crippen molar-refractivity contribution in [1.29, 1.82) is 0 Å². The highest BCUT2D eigenvalue weighted by molar-refractivity contribution is 4.45. The summed E-state index contributed by atoms with van der Waals surface area (Å²) in [6, 6.07) is 0. The van der Waals surface area contributed by atoms with Crippen LogP contribution in [0.4, 0.5) is 0 Å². The summed E-state index contributed by atoms with van der Waals surface area (Å²) < 4.78 is 15.9. The Labute approximate surface area is 126 Å². The fourth-order valence-electron chi connectivity index (χ4n) is 1.94. The third kappa shape index (κ3) is 17.8. The highest BCUT2D eigenvalue weighted by Crippen LogP contribution is 2.08. The number of aliphatic hydroxyl groups excluding tert-OH is 1. The van der Waals surface area contributed by atoms with Crippen molar-refractivity contribution in [2.45, 2.75) is 58.3 Å². The molecule has 124 valence electrons. The van der Waals surface area contributed by atoms with Crippen molar-refractivity contribution in [1.82, 2.24) is 0 Å². The van der Waals surface area contributed by atoms with Gasteiger partial charge in [0.05, 0.1) is 39.6 Å². The van der Waals surface area contributed by atoms with Crippen LogP contribution >= 0.6 is 0 Å². The Kier molecular flexibility index (Phi) is 18.7. The summed E-state index contributed by atoms with van der Waals surface area (Å²) in [7, 11) is 0. The van der Waals surface area contributed by atoms with E-state index in [1.165, 1.54) is 44.9 Å². The standard InChI is InChI=1S/C16H34O4.H2/c1-2-3-4-5-6-7-8-9-11-18-13-15-20-16-14-19-12-10-17;/h17H,2-16H2,1H3;1H. The van der Waals surface area contributed by atoms with Gasteiger partial charge in [0.1, 0.15) is 0 Å². The molecular formula is C16H36O4.